The number of rotatable bonds is 3. The first-order valence-electron chi connectivity index (χ1n) is 8.55. The van der Waals surface area contributed by atoms with Gasteiger partial charge in [-0.1, -0.05) is 23.4 Å². The highest BCUT2D eigenvalue weighted by atomic mass is 16.5. The van der Waals surface area contributed by atoms with Gasteiger partial charge >= 0.3 is 5.63 Å². The van der Waals surface area contributed by atoms with Gasteiger partial charge in [0.15, 0.2) is 0 Å². The lowest BCUT2D eigenvalue weighted by molar-refractivity contribution is 0.429. The van der Waals surface area contributed by atoms with E-state index in [1.807, 2.05) is 36.4 Å². The van der Waals surface area contributed by atoms with Gasteiger partial charge in [0, 0.05) is 17.5 Å². The first kappa shape index (κ1) is 15.5. The van der Waals surface area contributed by atoms with Crippen molar-refractivity contribution in [1.29, 1.82) is 0 Å². The standard InChI is InChI=1S/C20H14N4O3/c1-2-24-11-21-15-10-13(7-8-16(15)24)18-22-19(27-23-18)14-9-12-5-3-4-6-17(12)26-20(14)25/h3-11H,2H2,1H3. The molecule has 0 N–H and O–H groups in total. The molecule has 0 bridgehead atoms. The first-order valence-corrected chi connectivity index (χ1v) is 8.55. The summed E-state index contributed by atoms with van der Waals surface area (Å²) in [5.74, 6) is 0.522. The number of aromatic nitrogens is 4. The van der Waals surface area contributed by atoms with Gasteiger partial charge in [-0.15, -0.1) is 0 Å². The maximum absolute atomic E-state index is 12.3. The second-order valence-electron chi connectivity index (χ2n) is 6.14. The van der Waals surface area contributed by atoms with E-state index in [0.717, 1.165) is 28.5 Å². The normalized spacial score (nSPS) is 11.4. The van der Waals surface area contributed by atoms with E-state index in [1.165, 1.54) is 0 Å². The van der Waals surface area contributed by atoms with E-state index in [4.69, 9.17) is 8.94 Å². The Bertz CT molecular complexity index is 1350. The minimum atomic E-state index is -0.513. The molecule has 3 heterocycles. The summed E-state index contributed by atoms with van der Waals surface area (Å²) in [6.07, 6.45) is 1.80. The van der Waals surface area contributed by atoms with Crippen molar-refractivity contribution < 1.29 is 8.94 Å². The molecule has 5 rings (SSSR count). The van der Waals surface area contributed by atoms with Crippen LogP contribution < -0.4 is 5.63 Å². The van der Waals surface area contributed by atoms with Crippen LogP contribution in [-0.4, -0.2) is 19.7 Å². The van der Waals surface area contributed by atoms with Gasteiger partial charge in [0.05, 0.1) is 17.4 Å². The molecule has 0 unspecified atom stereocenters. The number of para-hydroxylation sites is 1. The van der Waals surface area contributed by atoms with Crippen LogP contribution in [0.3, 0.4) is 0 Å². The minimum absolute atomic E-state index is 0.128. The molecular formula is C20H14N4O3. The first-order chi connectivity index (χ1) is 13.2. The Morgan fingerprint density at radius 3 is 2.89 bits per heavy atom. The van der Waals surface area contributed by atoms with Crippen LogP contribution in [0.15, 0.2) is 68.6 Å². The Hall–Kier alpha value is -3.74. The molecule has 0 amide bonds. The molecule has 0 aliphatic carbocycles. The Morgan fingerprint density at radius 2 is 2.00 bits per heavy atom. The summed E-state index contributed by atoms with van der Waals surface area (Å²) in [4.78, 5) is 21.1. The number of imidazole rings is 1. The lowest BCUT2D eigenvalue weighted by Crippen LogP contribution is -2.02. The van der Waals surface area contributed by atoms with Gasteiger partial charge in [-0.05, 0) is 37.3 Å². The van der Waals surface area contributed by atoms with Crippen LogP contribution in [0.4, 0.5) is 0 Å². The Morgan fingerprint density at radius 1 is 1.11 bits per heavy atom. The topological polar surface area (TPSA) is 87.0 Å². The van der Waals surface area contributed by atoms with E-state index in [9.17, 15) is 4.79 Å². The zero-order chi connectivity index (χ0) is 18.4. The second-order valence-corrected chi connectivity index (χ2v) is 6.14. The zero-order valence-electron chi connectivity index (χ0n) is 14.4. The molecule has 0 saturated heterocycles. The van der Waals surface area contributed by atoms with Crippen molar-refractivity contribution in [2.45, 2.75) is 13.5 Å². The predicted octanol–water partition coefficient (Wildman–Crippen LogP) is 3.88. The van der Waals surface area contributed by atoms with Gasteiger partial charge in [0.1, 0.15) is 11.1 Å². The van der Waals surface area contributed by atoms with Crippen molar-refractivity contribution in [2.75, 3.05) is 0 Å². The molecule has 0 aliphatic heterocycles. The van der Waals surface area contributed by atoms with E-state index in [2.05, 4.69) is 26.6 Å². The summed E-state index contributed by atoms with van der Waals surface area (Å²) in [6, 6.07) is 14.8. The van der Waals surface area contributed by atoms with Crippen molar-refractivity contribution in [1.82, 2.24) is 19.7 Å². The van der Waals surface area contributed by atoms with Crippen LogP contribution in [0.25, 0.3) is 44.8 Å². The van der Waals surface area contributed by atoms with Gasteiger partial charge in [-0.2, -0.15) is 4.98 Å². The molecule has 0 radical (unpaired) electrons. The molecular weight excluding hydrogens is 344 g/mol. The lowest BCUT2D eigenvalue weighted by atomic mass is 10.2. The average molecular weight is 358 g/mol. The summed E-state index contributed by atoms with van der Waals surface area (Å²) in [5.41, 5.74) is 2.91. The van der Waals surface area contributed by atoms with Crippen LogP contribution in [0.2, 0.25) is 0 Å². The third-order valence-corrected chi connectivity index (χ3v) is 4.52. The molecule has 0 fully saturated rings. The number of hydrogen-bond acceptors (Lipinski definition) is 6. The lowest BCUT2D eigenvalue weighted by Gasteiger charge is -1.99. The fraction of sp³-hybridized carbons (Fsp3) is 0.100. The molecule has 0 aliphatic rings. The highest BCUT2D eigenvalue weighted by molar-refractivity contribution is 5.82. The monoisotopic (exact) mass is 358 g/mol. The van der Waals surface area contributed by atoms with Crippen LogP contribution >= 0.6 is 0 Å². The molecule has 0 saturated carbocycles. The summed E-state index contributed by atoms with van der Waals surface area (Å²) >= 11 is 0. The predicted molar refractivity (Wildman–Crippen MR) is 100 cm³/mol. The minimum Gasteiger partial charge on any atom is -0.422 e. The van der Waals surface area contributed by atoms with E-state index in [0.29, 0.717) is 11.4 Å². The van der Waals surface area contributed by atoms with Gasteiger partial charge < -0.3 is 13.5 Å². The van der Waals surface area contributed by atoms with E-state index in [1.54, 1.807) is 18.5 Å². The smallest absolute Gasteiger partial charge is 0.349 e. The van der Waals surface area contributed by atoms with Crippen molar-refractivity contribution >= 4 is 22.0 Å². The summed E-state index contributed by atoms with van der Waals surface area (Å²) in [5, 5.41) is 4.81. The average Bonchev–Trinajstić information content (AvgIpc) is 3.34. The maximum Gasteiger partial charge on any atom is 0.349 e. The highest BCUT2D eigenvalue weighted by Crippen LogP contribution is 2.25. The Kier molecular flexibility index (Phi) is 3.39. The SMILES string of the molecule is CCn1cnc2cc(-c3noc(-c4cc5ccccc5oc4=O)n3)ccc21. The van der Waals surface area contributed by atoms with E-state index < -0.39 is 5.63 Å². The van der Waals surface area contributed by atoms with E-state index >= 15 is 0 Å². The highest BCUT2D eigenvalue weighted by Gasteiger charge is 2.16. The molecule has 132 valence electrons. The van der Waals surface area contributed by atoms with Crippen molar-refractivity contribution in [3.8, 4) is 22.8 Å². The van der Waals surface area contributed by atoms with Gasteiger partial charge in [-0.25, -0.2) is 9.78 Å². The number of benzene rings is 2. The second kappa shape index (κ2) is 5.91. The van der Waals surface area contributed by atoms with Crippen molar-refractivity contribution in [2.24, 2.45) is 0 Å². The number of fused-ring (bicyclic) bond motifs is 2. The molecule has 0 atom stereocenters. The molecule has 5 aromatic rings. The van der Waals surface area contributed by atoms with Gasteiger partial charge in [0.25, 0.3) is 5.89 Å². The number of aryl methyl sites for hydroxylation is 1. The fourth-order valence-corrected chi connectivity index (χ4v) is 3.12. The number of nitrogens with zero attached hydrogens (tertiary/aromatic N) is 4. The summed E-state index contributed by atoms with van der Waals surface area (Å²) in [7, 11) is 0. The largest absolute Gasteiger partial charge is 0.422 e. The Labute approximate surface area is 152 Å². The van der Waals surface area contributed by atoms with Gasteiger partial charge in [-0.3, -0.25) is 0 Å². The summed E-state index contributed by atoms with van der Waals surface area (Å²) < 4.78 is 12.7. The van der Waals surface area contributed by atoms with Gasteiger partial charge in [0.2, 0.25) is 5.82 Å². The van der Waals surface area contributed by atoms with Crippen LogP contribution in [0.1, 0.15) is 6.92 Å². The maximum atomic E-state index is 12.3. The van der Waals surface area contributed by atoms with Crippen molar-refractivity contribution in [3.05, 3.63) is 65.3 Å². The zero-order valence-corrected chi connectivity index (χ0v) is 14.4. The molecule has 7 heteroatoms. The Balaban J connectivity index is 1.58. The van der Waals surface area contributed by atoms with Crippen LogP contribution in [0.5, 0.6) is 0 Å². The quantitative estimate of drug-likeness (QED) is 0.455. The fourth-order valence-electron chi connectivity index (χ4n) is 3.12. The molecule has 7 nitrogen and oxygen atoms in total. The van der Waals surface area contributed by atoms with Crippen molar-refractivity contribution in [3.63, 3.8) is 0 Å². The molecule has 3 aromatic heterocycles. The molecule has 2 aromatic carbocycles. The third kappa shape index (κ3) is 2.52. The summed E-state index contributed by atoms with van der Waals surface area (Å²) in [6.45, 7) is 2.91. The van der Waals surface area contributed by atoms with Crippen LogP contribution in [0, 0.1) is 0 Å². The third-order valence-electron chi connectivity index (χ3n) is 4.52. The molecule has 27 heavy (non-hydrogen) atoms. The van der Waals surface area contributed by atoms with E-state index in [-0.39, 0.29) is 11.5 Å². The molecule has 0 spiro atoms. The number of hydrogen-bond donors (Lipinski definition) is 0. The van der Waals surface area contributed by atoms with Crippen LogP contribution in [-0.2, 0) is 6.54 Å².